The Bertz CT molecular complexity index is 315. The molecule has 90 valence electrons. The van der Waals surface area contributed by atoms with Crippen molar-refractivity contribution < 1.29 is 14.3 Å². The van der Waals surface area contributed by atoms with Gasteiger partial charge in [-0.2, -0.15) is 0 Å². The third-order valence-electron chi connectivity index (χ3n) is 3.42. The molecule has 2 fully saturated rings. The summed E-state index contributed by atoms with van der Waals surface area (Å²) in [5.41, 5.74) is -0.369. The van der Waals surface area contributed by atoms with E-state index in [1.54, 1.807) is 4.90 Å². The molecule has 0 radical (unpaired) electrons. The van der Waals surface area contributed by atoms with Crippen LogP contribution in [-0.2, 0) is 9.53 Å². The molecule has 0 bridgehead atoms. The van der Waals surface area contributed by atoms with Crippen LogP contribution >= 0.6 is 0 Å². The van der Waals surface area contributed by atoms with Crippen molar-refractivity contribution in [3.8, 4) is 0 Å². The normalized spacial score (nSPS) is 26.9. The topological polar surface area (TPSA) is 46.6 Å². The summed E-state index contributed by atoms with van der Waals surface area (Å²) in [5.74, 6) is 0.0139. The highest BCUT2D eigenvalue weighted by atomic mass is 16.6. The Morgan fingerprint density at radius 2 is 2.06 bits per heavy atom. The number of likely N-dealkylation sites (tertiary alicyclic amines) is 1. The molecule has 4 heteroatoms. The molecule has 1 unspecified atom stereocenters. The van der Waals surface area contributed by atoms with E-state index in [0.29, 0.717) is 13.1 Å². The molecule has 1 heterocycles. The van der Waals surface area contributed by atoms with Crippen LogP contribution in [0.3, 0.4) is 0 Å². The van der Waals surface area contributed by atoms with Crippen molar-refractivity contribution in [2.45, 2.75) is 39.2 Å². The Morgan fingerprint density at radius 3 is 2.44 bits per heavy atom. The van der Waals surface area contributed by atoms with Gasteiger partial charge in [0.05, 0.1) is 0 Å². The van der Waals surface area contributed by atoms with Gasteiger partial charge in [-0.05, 0) is 39.0 Å². The summed E-state index contributed by atoms with van der Waals surface area (Å²) in [5, 5.41) is 0. The zero-order chi connectivity index (χ0) is 12.0. The molecule has 1 atom stereocenters. The molecule has 1 saturated carbocycles. The number of aldehydes is 1. The number of carbonyl (C=O) groups is 2. The second kappa shape index (κ2) is 3.47. The van der Waals surface area contributed by atoms with Crippen LogP contribution in [0.4, 0.5) is 4.79 Å². The molecule has 4 nitrogen and oxygen atoms in total. The van der Waals surface area contributed by atoms with E-state index < -0.39 is 5.60 Å². The van der Waals surface area contributed by atoms with Crippen molar-refractivity contribution in [2.75, 3.05) is 13.1 Å². The summed E-state index contributed by atoms with van der Waals surface area (Å²) >= 11 is 0. The van der Waals surface area contributed by atoms with Crippen LogP contribution in [0.1, 0.15) is 33.6 Å². The van der Waals surface area contributed by atoms with Crippen LogP contribution in [-0.4, -0.2) is 36.0 Å². The fourth-order valence-electron chi connectivity index (χ4n) is 2.34. The van der Waals surface area contributed by atoms with Gasteiger partial charge in [0.25, 0.3) is 0 Å². The Kier molecular flexibility index (Phi) is 2.48. The maximum absolute atomic E-state index is 11.8. The van der Waals surface area contributed by atoms with E-state index in [4.69, 9.17) is 4.74 Å². The van der Waals surface area contributed by atoms with Gasteiger partial charge in [-0.15, -0.1) is 0 Å². The Balaban J connectivity index is 1.98. The second-order valence-electron chi connectivity index (χ2n) is 5.97. The summed E-state index contributed by atoms with van der Waals surface area (Å²) in [7, 11) is 0. The minimum absolute atomic E-state index is 0.0139. The van der Waals surface area contributed by atoms with Gasteiger partial charge in [0.2, 0.25) is 0 Å². The van der Waals surface area contributed by atoms with Crippen molar-refractivity contribution in [1.29, 1.82) is 0 Å². The minimum Gasteiger partial charge on any atom is -0.444 e. The van der Waals surface area contributed by atoms with E-state index in [9.17, 15) is 9.59 Å². The lowest BCUT2D eigenvalue weighted by molar-refractivity contribution is -0.111. The number of nitrogens with zero attached hydrogens (tertiary/aromatic N) is 1. The molecule has 0 aromatic heterocycles. The number of rotatable bonds is 1. The number of amides is 1. The number of ether oxygens (including phenoxy) is 1. The predicted octanol–water partition coefficient (Wildman–Crippen LogP) is 1.83. The zero-order valence-electron chi connectivity index (χ0n) is 10.2. The zero-order valence-corrected chi connectivity index (χ0v) is 10.2. The van der Waals surface area contributed by atoms with Crippen LogP contribution in [0.2, 0.25) is 0 Å². The lowest BCUT2D eigenvalue weighted by Gasteiger charge is -2.24. The highest BCUT2D eigenvalue weighted by Crippen LogP contribution is 2.55. The minimum atomic E-state index is -0.465. The van der Waals surface area contributed by atoms with E-state index in [1.807, 2.05) is 20.8 Å². The van der Waals surface area contributed by atoms with Crippen LogP contribution in [0.15, 0.2) is 0 Å². The van der Waals surface area contributed by atoms with Crippen LogP contribution in [0, 0.1) is 11.3 Å². The predicted molar refractivity (Wildman–Crippen MR) is 59.0 cm³/mol. The second-order valence-corrected chi connectivity index (χ2v) is 5.97. The SMILES string of the molecule is CC(C)(C)OC(=O)N1CC(C=O)C2(CC2)C1. The first kappa shape index (κ1) is 11.4. The summed E-state index contributed by atoms with van der Waals surface area (Å²) < 4.78 is 5.31. The smallest absolute Gasteiger partial charge is 0.410 e. The van der Waals surface area contributed by atoms with Gasteiger partial charge in [-0.1, -0.05) is 0 Å². The van der Waals surface area contributed by atoms with E-state index >= 15 is 0 Å². The van der Waals surface area contributed by atoms with Crippen LogP contribution in [0.25, 0.3) is 0 Å². The largest absolute Gasteiger partial charge is 0.444 e. The third kappa shape index (κ3) is 2.06. The number of hydrogen-bond donors (Lipinski definition) is 0. The molecule has 1 aliphatic heterocycles. The van der Waals surface area contributed by atoms with Crippen molar-refractivity contribution in [3.63, 3.8) is 0 Å². The molecule has 16 heavy (non-hydrogen) atoms. The highest BCUT2D eigenvalue weighted by Gasteiger charge is 2.56. The number of hydrogen-bond acceptors (Lipinski definition) is 3. The number of carbonyl (C=O) groups excluding carboxylic acids is 2. The van der Waals surface area contributed by atoms with Crippen LogP contribution < -0.4 is 0 Å². The van der Waals surface area contributed by atoms with Gasteiger partial charge < -0.3 is 14.4 Å². The average molecular weight is 225 g/mol. The lowest BCUT2D eigenvalue weighted by Crippen LogP contribution is -2.35. The maximum atomic E-state index is 11.8. The van der Waals surface area contributed by atoms with Crippen LogP contribution in [0.5, 0.6) is 0 Å². The van der Waals surface area contributed by atoms with Gasteiger partial charge in [0.1, 0.15) is 11.9 Å². The first-order valence-corrected chi connectivity index (χ1v) is 5.80. The average Bonchev–Trinajstić information content (AvgIpc) is 2.77. The van der Waals surface area contributed by atoms with Gasteiger partial charge in [-0.3, -0.25) is 0 Å². The fourth-order valence-corrected chi connectivity index (χ4v) is 2.34. The fraction of sp³-hybridized carbons (Fsp3) is 0.833. The van der Waals surface area contributed by atoms with Gasteiger partial charge >= 0.3 is 6.09 Å². The van der Waals surface area contributed by atoms with Crippen molar-refractivity contribution in [1.82, 2.24) is 4.90 Å². The Morgan fingerprint density at radius 1 is 1.44 bits per heavy atom. The highest BCUT2D eigenvalue weighted by molar-refractivity contribution is 5.71. The van der Waals surface area contributed by atoms with Crippen molar-refractivity contribution in [3.05, 3.63) is 0 Å². The molecular formula is C12H19NO3. The first-order valence-electron chi connectivity index (χ1n) is 5.80. The summed E-state index contributed by atoms with van der Waals surface area (Å²) in [6, 6.07) is 0. The molecule has 0 aromatic carbocycles. The molecule has 1 spiro atoms. The molecule has 2 aliphatic rings. The first-order chi connectivity index (χ1) is 7.36. The lowest BCUT2D eigenvalue weighted by atomic mass is 9.95. The molecule has 1 amide bonds. The van der Waals surface area contributed by atoms with E-state index in [1.165, 1.54) is 0 Å². The molecule has 1 saturated heterocycles. The van der Waals surface area contributed by atoms with E-state index in [2.05, 4.69) is 0 Å². The van der Waals surface area contributed by atoms with Crippen molar-refractivity contribution in [2.24, 2.45) is 11.3 Å². The maximum Gasteiger partial charge on any atom is 0.410 e. The molecular weight excluding hydrogens is 206 g/mol. The Hall–Kier alpha value is -1.06. The standard InChI is InChI=1S/C12H19NO3/c1-11(2,3)16-10(15)13-6-9(7-14)12(8-13)4-5-12/h7,9H,4-6,8H2,1-3H3. The monoisotopic (exact) mass is 225 g/mol. The van der Waals surface area contributed by atoms with E-state index in [-0.39, 0.29) is 17.4 Å². The molecule has 0 N–H and O–H groups in total. The molecule has 0 aromatic rings. The molecule has 1 aliphatic carbocycles. The quantitative estimate of drug-likeness (QED) is 0.640. The van der Waals surface area contributed by atoms with Gasteiger partial charge in [-0.25, -0.2) is 4.79 Å². The molecule has 2 rings (SSSR count). The van der Waals surface area contributed by atoms with E-state index in [0.717, 1.165) is 19.1 Å². The van der Waals surface area contributed by atoms with Gasteiger partial charge in [0, 0.05) is 19.0 Å². The third-order valence-corrected chi connectivity index (χ3v) is 3.42. The summed E-state index contributed by atoms with van der Waals surface area (Å²) in [6.07, 6.45) is 2.84. The van der Waals surface area contributed by atoms with Crippen molar-refractivity contribution >= 4 is 12.4 Å². The summed E-state index contributed by atoms with van der Waals surface area (Å²) in [6.45, 7) is 6.77. The van der Waals surface area contributed by atoms with Gasteiger partial charge in [0.15, 0.2) is 0 Å². The Labute approximate surface area is 95.9 Å². The summed E-state index contributed by atoms with van der Waals surface area (Å²) in [4.78, 5) is 24.4.